The number of amides is 1. The van der Waals surface area contributed by atoms with Crippen LogP contribution in [0.15, 0.2) is 0 Å². The zero-order valence-corrected chi connectivity index (χ0v) is 7.89. The van der Waals surface area contributed by atoms with Crippen LogP contribution >= 0.6 is 0 Å². The number of aliphatic hydroxyl groups is 1. The molecule has 0 heterocycles. The van der Waals surface area contributed by atoms with E-state index < -0.39 is 5.60 Å². The number of carbonyl (C=O) groups excluding carboxylic acids is 1. The maximum absolute atomic E-state index is 11.3. The molecule has 0 saturated carbocycles. The molecular weight excluding hydrogens is 158 g/mol. The first-order chi connectivity index (χ1) is 5.60. The predicted octanol–water partition coefficient (Wildman–Crippen LogP) is -0.0900. The fraction of sp³-hybridized carbons (Fsp3) is 0.875. The predicted molar refractivity (Wildman–Crippen MR) is 45.8 cm³/mol. The van der Waals surface area contributed by atoms with Gasteiger partial charge in [0, 0.05) is 13.7 Å². The summed E-state index contributed by atoms with van der Waals surface area (Å²) >= 11 is 0. The first kappa shape index (κ1) is 11.4. The zero-order valence-electron chi connectivity index (χ0n) is 7.89. The molecule has 0 fully saturated rings. The summed E-state index contributed by atoms with van der Waals surface area (Å²) in [4.78, 5) is 11.3. The highest BCUT2D eigenvalue weighted by Gasteiger charge is 2.30. The normalized spacial score (nSPS) is 15.3. The van der Waals surface area contributed by atoms with Gasteiger partial charge in [0.25, 0.3) is 5.91 Å². The van der Waals surface area contributed by atoms with E-state index in [0.717, 1.165) is 0 Å². The van der Waals surface area contributed by atoms with Crippen molar-refractivity contribution in [2.75, 3.05) is 20.3 Å². The minimum absolute atomic E-state index is 0.0464. The largest absolute Gasteiger partial charge is 0.395 e. The van der Waals surface area contributed by atoms with Crippen LogP contribution < -0.4 is 5.32 Å². The number of methoxy groups -OCH3 is 1. The molecule has 0 aliphatic heterocycles. The summed E-state index contributed by atoms with van der Waals surface area (Å²) in [6.45, 7) is 3.83. The molecule has 1 unspecified atom stereocenters. The molecule has 0 aromatic heterocycles. The summed E-state index contributed by atoms with van der Waals surface area (Å²) in [5.41, 5.74) is -0.769. The van der Waals surface area contributed by atoms with Gasteiger partial charge in [-0.15, -0.1) is 0 Å². The second kappa shape index (κ2) is 5.11. The molecule has 0 rings (SSSR count). The van der Waals surface area contributed by atoms with E-state index in [2.05, 4.69) is 5.32 Å². The highest BCUT2D eigenvalue weighted by molar-refractivity contribution is 5.84. The van der Waals surface area contributed by atoms with Gasteiger partial charge in [0.05, 0.1) is 6.61 Å². The van der Waals surface area contributed by atoms with Gasteiger partial charge < -0.3 is 15.2 Å². The van der Waals surface area contributed by atoms with Crippen LogP contribution in [0.3, 0.4) is 0 Å². The number of rotatable bonds is 5. The number of nitrogens with one attached hydrogen (secondary N) is 1. The van der Waals surface area contributed by atoms with Crippen LogP contribution in [-0.4, -0.2) is 36.9 Å². The van der Waals surface area contributed by atoms with Crippen LogP contribution in [0.2, 0.25) is 0 Å². The molecule has 0 aliphatic rings. The van der Waals surface area contributed by atoms with Gasteiger partial charge in [0.15, 0.2) is 0 Å². The number of ether oxygens (including phenoxy) is 1. The summed E-state index contributed by atoms with van der Waals surface area (Å²) in [5.74, 6) is -0.179. The Bertz CT molecular complexity index is 143. The van der Waals surface area contributed by atoms with Gasteiger partial charge in [-0.1, -0.05) is 6.92 Å². The Balaban J connectivity index is 4.03. The summed E-state index contributed by atoms with van der Waals surface area (Å²) in [6.07, 6.45) is 0.612. The van der Waals surface area contributed by atoms with E-state index in [0.29, 0.717) is 6.42 Å². The second-order valence-electron chi connectivity index (χ2n) is 2.77. The Morgan fingerprint density at radius 2 is 2.25 bits per heavy atom. The second-order valence-corrected chi connectivity index (χ2v) is 2.77. The number of hydrogen-bond acceptors (Lipinski definition) is 3. The summed E-state index contributed by atoms with van der Waals surface area (Å²) in [7, 11) is 1.50. The van der Waals surface area contributed by atoms with E-state index in [4.69, 9.17) is 9.84 Å². The maximum Gasteiger partial charge on any atom is 0.252 e. The number of hydrogen-bond donors (Lipinski definition) is 2. The lowest BCUT2D eigenvalue weighted by Crippen LogP contribution is -2.46. The molecule has 0 aromatic carbocycles. The molecule has 12 heavy (non-hydrogen) atoms. The van der Waals surface area contributed by atoms with Crippen molar-refractivity contribution in [2.24, 2.45) is 0 Å². The monoisotopic (exact) mass is 175 g/mol. The first-order valence-corrected chi connectivity index (χ1v) is 4.05. The third kappa shape index (κ3) is 2.79. The molecule has 0 spiro atoms. The molecule has 2 N–H and O–H groups in total. The Labute approximate surface area is 72.9 Å². The molecule has 1 atom stereocenters. The molecule has 72 valence electrons. The van der Waals surface area contributed by atoms with E-state index >= 15 is 0 Å². The van der Waals surface area contributed by atoms with Gasteiger partial charge >= 0.3 is 0 Å². The molecule has 0 bridgehead atoms. The van der Waals surface area contributed by atoms with E-state index in [9.17, 15) is 4.79 Å². The molecule has 4 heteroatoms. The standard InChI is InChI=1S/C8H17NO3/c1-4-8(2,12-3)7(11)9-5-6-10/h10H,4-6H2,1-3H3,(H,9,11). The van der Waals surface area contributed by atoms with Crippen molar-refractivity contribution < 1.29 is 14.6 Å². The topological polar surface area (TPSA) is 58.6 Å². The molecule has 1 amide bonds. The van der Waals surface area contributed by atoms with E-state index in [1.807, 2.05) is 6.92 Å². The quantitative estimate of drug-likeness (QED) is 0.614. The molecule has 0 radical (unpaired) electrons. The summed E-state index contributed by atoms with van der Waals surface area (Å²) in [5, 5.41) is 11.0. The SMILES string of the molecule is CCC(C)(OC)C(=O)NCCO. The van der Waals surface area contributed by atoms with Crippen molar-refractivity contribution in [1.82, 2.24) is 5.32 Å². The number of carbonyl (C=O) groups is 1. The average Bonchev–Trinajstić information content (AvgIpc) is 2.12. The van der Waals surface area contributed by atoms with E-state index in [-0.39, 0.29) is 19.1 Å². The fourth-order valence-electron chi connectivity index (χ4n) is 0.754. The van der Waals surface area contributed by atoms with Crippen LogP contribution in [0.5, 0.6) is 0 Å². The van der Waals surface area contributed by atoms with E-state index in [1.165, 1.54) is 7.11 Å². The lowest BCUT2D eigenvalue weighted by molar-refractivity contribution is -0.141. The van der Waals surface area contributed by atoms with Gasteiger partial charge in [-0.2, -0.15) is 0 Å². The molecular formula is C8H17NO3. The van der Waals surface area contributed by atoms with Gasteiger partial charge in [-0.05, 0) is 13.3 Å². The molecule has 0 aliphatic carbocycles. The van der Waals surface area contributed by atoms with Crippen molar-refractivity contribution in [2.45, 2.75) is 25.9 Å². The smallest absolute Gasteiger partial charge is 0.252 e. The van der Waals surface area contributed by atoms with Crippen molar-refractivity contribution in [3.63, 3.8) is 0 Å². The zero-order chi connectivity index (χ0) is 9.61. The highest BCUT2D eigenvalue weighted by atomic mass is 16.5. The Kier molecular flexibility index (Phi) is 4.85. The average molecular weight is 175 g/mol. The lowest BCUT2D eigenvalue weighted by Gasteiger charge is -2.24. The lowest BCUT2D eigenvalue weighted by atomic mass is 10.0. The van der Waals surface area contributed by atoms with Crippen molar-refractivity contribution in [3.8, 4) is 0 Å². The van der Waals surface area contributed by atoms with Crippen LogP contribution in [0.1, 0.15) is 20.3 Å². The van der Waals surface area contributed by atoms with Crippen LogP contribution in [0, 0.1) is 0 Å². The van der Waals surface area contributed by atoms with Gasteiger partial charge in [0.1, 0.15) is 5.60 Å². The molecule has 4 nitrogen and oxygen atoms in total. The number of aliphatic hydroxyl groups excluding tert-OH is 1. The van der Waals surface area contributed by atoms with Crippen LogP contribution in [0.25, 0.3) is 0 Å². The van der Waals surface area contributed by atoms with Gasteiger partial charge in [-0.3, -0.25) is 4.79 Å². The van der Waals surface area contributed by atoms with E-state index in [1.54, 1.807) is 6.92 Å². The third-order valence-electron chi connectivity index (χ3n) is 2.00. The Hall–Kier alpha value is -0.610. The van der Waals surface area contributed by atoms with Crippen molar-refractivity contribution >= 4 is 5.91 Å². The highest BCUT2D eigenvalue weighted by Crippen LogP contribution is 2.13. The summed E-state index contributed by atoms with van der Waals surface area (Å²) < 4.78 is 5.05. The molecule has 0 aromatic rings. The van der Waals surface area contributed by atoms with Crippen LogP contribution in [0.4, 0.5) is 0 Å². The van der Waals surface area contributed by atoms with Crippen molar-refractivity contribution in [1.29, 1.82) is 0 Å². The van der Waals surface area contributed by atoms with Crippen molar-refractivity contribution in [3.05, 3.63) is 0 Å². The van der Waals surface area contributed by atoms with Gasteiger partial charge in [-0.25, -0.2) is 0 Å². The minimum atomic E-state index is -0.769. The fourth-order valence-corrected chi connectivity index (χ4v) is 0.754. The Morgan fingerprint density at radius 1 is 1.67 bits per heavy atom. The van der Waals surface area contributed by atoms with Gasteiger partial charge in [0.2, 0.25) is 0 Å². The van der Waals surface area contributed by atoms with Crippen LogP contribution in [-0.2, 0) is 9.53 Å². The third-order valence-corrected chi connectivity index (χ3v) is 2.00. The Morgan fingerprint density at radius 3 is 2.58 bits per heavy atom. The summed E-state index contributed by atoms with van der Waals surface area (Å²) in [6, 6.07) is 0. The maximum atomic E-state index is 11.3. The molecule has 0 saturated heterocycles. The minimum Gasteiger partial charge on any atom is -0.395 e. The first-order valence-electron chi connectivity index (χ1n) is 4.05.